The van der Waals surface area contributed by atoms with Gasteiger partial charge in [-0.2, -0.15) is 0 Å². The van der Waals surface area contributed by atoms with Crippen molar-refractivity contribution in [2.45, 2.75) is 70.4 Å². The summed E-state index contributed by atoms with van der Waals surface area (Å²) in [5, 5.41) is 20.0. The zero-order valence-corrected chi connectivity index (χ0v) is 16.5. The fraction of sp³-hybridized carbons (Fsp3) is 0.591. The number of phenols is 1. The maximum absolute atomic E-state index is 12.7. The van der Waals surface area contributed by atoms with E-state index in [2.05, 4.69) is 19.9 Å². The van der Waals surface area contributed by atoms with E-state index >= 15 is 0 Å². The molecule has 1 aromatic rings. The number of fused-ring (bicyclic) bond motifs is 1. The van der Waals surface area contributed by atoms with Crippen LogP contribution in [-0.4, -0.2) is 39.6 Å². The van der Waals surface area contributed by atoms with Crippen molar-refractivity contribution < 1.29 is 24.5 Å². The number of hydrogen-bond donors (Lipinski definition) is 2. The Kier molecular flexibility index (Phi) is 5.37. The van der Waals surface area contributed by atoms with Crippen molar-refractivity contribution in [3.8, 4) is 5.75 Å². The normalized spacial score (nSPS) is 37.3. The average molecular weight is 374 g/mol. The van der Waals surface area contributed by atoms with Gasteiger partial charge in [-0.3, -0.25) is 0 Å². The highest BCUT2D eigenvalue weighted by Gasteiger charge is 2.56. The highest BCUT2D eigenvalue weighted by Crippen LogP contribution is 2.47. The monoisotopic (exact) mass is 374 g/mol. The number of esters is 1. The Morgan fingerprint density at radius 1 is 1.22 bits per heavy atom. The molecule has 5 nitrogen and oxygen atoms in total. The number of aromatic hydroxyl groups is 1. The molecular weight excluding hydrogens is 344 g/mol. The molecule has 0 aromatic heterocycles. The number of ether oxygens (including phenoxy) is 2. The number of carbonyl (C=O) groups excluding carboxylic acids is 1. The predicted molar refractivity (Wildman–Crippen MR) is 103 cm³/mol. The van der Waals surface area contributed by atoms with Crippen LogP contribution in [0.25, 0.3) is 0 Å². The molecule has 5 heteroatoms. The van der Waals surface area contributed by atoms with E-state index in [-0.39, 0.29) is 35.4 Å². The summed E-state index contributed by atoms with van der Waals surface area (Å²) < 4.78 is 11.8. The molecule has 1 aromatic carbocycles. The number of phenolic OH excluding ortho intramolecular Hbond substituents is 1. The Bertz CT molecular complexity index is 706. The summed E-state index contributed by atoms with van der Waals surface area (Å²) in [6, 6.07) is 6.08. The van der Waals surface area contributed by atoms with E-state index in [1.165, 1.54) is 12.1 Å². The lowest BCUT2D eigenvalue weighted by atomic mass is 9.80. The maximum Gasteiger partial charge on any atom is 0.338 e. The minimum Gasteiger partial charge on any atom is -0.508 e. The van der Waals surface area contributed by atoms with E-state index in [0.717, 1.165) is 0 Å². The van der Waals surface area contributed by atoms with Gasteiger partial charge in [-0.25, -0.2) is 4.79 Å². The molecule has 1 fully saturated rings. The van der Waals surface area contributed by atoms with Crippen molar-refractivity contribution in [1.29, 1.82) is 0 Å². The Morgan fingerprint density at radius 2 is 1.89 bits per heavy atom. The number of hydrogen-bond acceptors (Lipinski definition) is 5. The van der Waals surface area contributed by atoms with Gasteiger partial charge in [-0.15, -0.1) is 0 Å². The highest BCUT2D eigenvalue weighted by atomic mass is 16.6. The van der Waals surface area contributed by atoms with Crippen molar-refractivity contribution in [1.82, 2.24) is 0 Å². The quantitative estimate of drug-likeness (QED) is 0.477. The smallest absolute Gasteiger partial charge is 0.338 e. The first-order chi connectivity index (χ1) is 12.6. The standard InChI is InChI=1S/C22H30O5/c1-14(2)17-6-5-11-21(3,25)13-19-22(4,27-19)12-18(17)26-20(24)15-7-9-16(23)10-8-15/h5-10,14,17-19,23,25H,11-13H2,1-4H3/b6-5+/t17-,18-,19+,21+,22-/m0/s1. The molecule has 1 heterocycles. The van der Waals surface area contributed by atoms with E-state index in [1.807, 2.05) is 19.9 Å². The first-order valence-electron chi connectivity index (χ1n) is 9.66. The molecule has 0 bridgehead atoms. The minimum atomic E-state index is -0.796. The van der Waals surface area contributed by atoms with Crippen LogP contribution in [0.5, 0.6) is 5.75 Å². The number of epoxide rings is 1. The summed E-state index contributed by atoms with van der Waals surface area (Å²) >= 11 is 0. The minimum absolute atomic E-state index is 0.0262. The zero-order valence-electron chi connectivity index (χ0n) is 16.5. The summed E-state index contributed by atoms with van der Waals surface area (Å²) in [7, 11) is 0. The fourth-order valence-electron chi connectivity index (χ4n) is 3.92. The third-order valence-corrected chi connectivity index (χ3v) is 5.74. The second kappa shape index (κ2) is 7.28. The predicted octanol–water partition coefficient (Wildman–Crippen LogP) is 3.84. The van der Waals surface area contributed by atoms with Crippen LogP contribution in [0.4, 0.5) is 0 Å². The topological polar surface area (TPSA) is 79.3 Å². The molecule has 0 radical (unpaired) electrons. The van der Waals surface area contributed by atoms with Gasteiger partial charge in [-0.1, -0.05) is 26.0 Å². The highest BCUT2D eigenvalue weighted by molar-refractivity contribution is 5.89. The van der Waals surface area contributed by atoms with Gasteiger partial charge in [0.1, 0.15) is 11.9 Å². The average Bonchev–Trinajstić information content (AvgIpc) is 3.18. The Balaban J connectivity index is 1.84. The molecule has 2 N–H and O–H groups in total. The van der Waals surface area contributed by atoms with Crippen LogP contribution in [0.2, 0.25) is 0 Å². The maximum atomic E-state index is 12.7. The number of benzene rings is 1. The van der Waals surface area contributed by atoms with E-state index < -0.39 is 11.6 Å². The number of carbonyl (C=O) groups is 1. The van der Waals surface area contributed by atoms with Crippen LogP contribution in [-0.2, 0) is 9.47 Å². The third-order valence-electron chi connectivity index (χ3n) is 5.74. The summed E-state index contributed by atoms with van der Waals surface area (Å²) in [6.45, 7) is 8.08. The number of rotatable bonds is 3. The van der Waals surface area contributed by atoms with Crippen molar-refractivity contribution in [3.63, 3.8) is 0 Å². The molecule has 0 spiro atoms. The Labute approximate surface area is 161 Å². The molecule has 0 unspecified atom stereocenters. The molecule has 3 rings (SSSR count). The SMILES string of the molecule is CC(C)[C@@H]1/C=C/C[C@@](C)(O)C[C@H]2O[C@@]2(C)C[C@@H]1OC(=O)c1ccc(O)cc1. The van der Waals surface area contributed by atoms with E-state index in [0.29, 0.717) is 24.8 Å². The van der Waals surface area contributed by atoms with Gasteiger partial charge in [0.15, 0.2) is 0 Å². The van der Waals surface area contributed by atoms with Crippen LogP contribution in [0.3, 0.4) is 0 Å². The van der Waals surface area contributed by atoms with Crippen LogP contribution < -0.4 is 0 Å². The van der Waals surface area contributed by atoms with Crippen molar-refractivity contribution in [2.24, 2.45) is 11.8 Å². The molecule has 2 aliphatic rings. The van der Waals surface area contributed by atoms with Crippen LogP contribution in [0.1, 0.15) is 57.3 Å². The van der Waals surface area contributed by atoms with Gasteiger partial charge < -0.3 is 19.7 Å². The first-order valence-corrected chi connectivity index (χ1v) is 9.66. The van der Waals surface area contributed by atoms with Crippen LogP contribution in [0, 0.1) is 11.8 Å². The van der Waals surface area contributed by atoms with Gasteiger partial charge in [0.2, 0.25) is 0 Å². The lowest BCUT2D eigenvalue weighted by molar-refractivity contribution is 0.00393. The molecule has 1 aliphatic carbocycles. The molecule has 0 amide bonds. The molecule has 27 heavy (non-hydrogen) atoms. The van der Waals surface area contributed by atoms with E-state index in [1.54, 1.807) is 12.1 Å². The molecule has 5 atom stereocenters. The summed E-state index contributed by atoms with van der Waals surface area (Å²) in [5.41, 5.74) is -0.768. The summed E-state index contributed by atoms with van der Waals surface area (Å²) in [6.07, 6.45) is 5.42. The lowest BCUT2D eigenvalue weighted by Gasteiger charge is -2.31. The molecule has 148 valence electrons. The fourth-order valence-corrected chi connectivity index (χ4v) is 3.92. The van der Waals surface area contributed by atoms with Gasteiger partial charge in [0.25, 0.3) is 0 Å². The third kappa shape index (κ3) is 4.71. The Hall–Kier alpha value is -1.85. The van der Waals surface area contributed by atoms with Crippen molar-refractivity contribution in [3.05, 3.63) is 42.0 Å². The van der Waals surface area contributed by atoms with Crippen molar-refractivity contribution >= 4 is 5.97 Å². The van der Waals surface area contributed by atoms with Crippen LogP contribution in [0.15, 0.2) is 36.4 Å². The molecule has 1 saturated heterocycles. The lowest BCUT2D eigenvalue weighted by Crippen LogP contribution is -2.36. The Morgan fingerprint density at radius 3 is 2.52 bits per heavy atom. The van der Waals surface area contributed by atoms with Crippen molar-refractivity contribution in [2.75, 3.05) is 0 Å². The van der Waals surface area contributed by atoms with Gasteiger partial charge in [0.05, 0.1) is 22.9 Å². The summed E-state index contributed by atoms with van der Waals surface area (Å²) in [5.74, 6) is 0.0107. The van der Waals surface area contributed by atoms with E-state index in [9.17, 15) is 15.0 Å². The van der Waals surface area contributed by atoms with Crippen LogP contribution >= 0.6 is 0 Å². The first kappa shape index (κ1) is 19.9. The second-order valence-corrected chi connectivity index (χ2v) is 8.77. The van der Waals surface area contributed by atoms with Gasteiger partial charge in [0, 0.05) is 18.8 Å². The van der Waals surface area contributed by atoms with E-state index in [4.69, 9.17) is 9.47 Å². The van der Waals surface area contributed by atoms with Gasteiger partial charge >= 0.3 is 5.97 Å². The molecular formula is C22H30O5. The second-order valence-electron chi connectivity index (χ2n) is 8.77. The largest absolute Gasteiger partial charge is 0.508 e. The molecule has 1 aliphatic heterocycles. The summed E-state index contributed by atoms with van der Waals surface area (Å²) in [4.78, 5) is 12.7. The zero-order chi connectivity index (χ0) is 19.8. The number of aliphatic hydroxyl groups is 1. The molecule has 0 saturated carbocycles. The van der Waals surface area contributed by atoms with Gasteiger partial charge in [-0.05, 0) is 50.5 Å².